The van der Waals surface area contributed by atoms with Crippen LogP contribution in [0.2, 0.25) is 0 Å². The first-order chi connectivity index (χ1) is 6.92. The molecule has 2 rings (SSSR count). The molecule has 0 saturated heterocycles. The highest BCUT2D eigenvalue weighted by molar-refractivity contribution is 5.71. The summed E-state index contributed by atoms with van der Waals surface area (Å²) in [4.78, 5) is 13.6. The number of benzene rings is 1. The molecule has 1 aromatic heterocycles. The van der Waals surface area contributed by atoms with Crippen molar-refractivity contribution < 1.29 is 9.32 Å². The molecule has 0 bridgehead atoms. The zero-order valence-electron chi connectivity index (χ0n) is 7.18. The van der Waals surface area contributed by atoms with Gasteiger partial charge in [-0.25, -0.2) is 4.79 Å². The zero-order chi connectivity index (χ0) is 9.80. The summed E-state index contributed by atoms with van der Waals surface area (Å²) in [5, 5.41) is 3.57. The molecule has 0 aliphatic rings. The van der Waals surface area contributed by atoms with Gasteiger partial charge in [-0.1, -0.05) is 35.5 Å². The molecule has 1 aromatic carbocycles. The van der Waals surface area contributed by atoms with Crippen molar-refractivity contribution in [2.24, 2.45) is 4.99 Å². The average molecular weight is 186 g/mol. The zero-order valence-corrected chi connectivity index (χ0v) is 7.18. The maximum atomic E-state index is 10.1. The van der Waals surface area contributed by atoms with Gasteiger partial charge in [0.25, 0.3) is 0 Å². The largest absolute Gasteiger partial charge is 0.354 e. The minimum absolute atomic E-state index is 0.395. The van der Waals surface area contributed by atoms with Gasteiger partial charge in [-0.05, 0) is 0 Å². The molecule has 1 heterocycles. The van der Waals surface area contributed by atoms with E-state index in [0.29, 0.717) is 11.4 Å². The molecular weight excluding hydrogens is 180 g/mol. The topological polar surface area (TPSA) is 55.5 Å². The van der Waals surface area contributed by atoms with E-state index in [1.165, 1.54) is 12.3 Å². The molecule has 4 heteroatoms. The number of hydrogen-bond donors (Lipinski definition) is 0. The van der Waals surface area contributed by atoms with Gasteiger partial charge in [0, 0.05) is 5.56 Å². The van der Waals surface area contributed by atoms with Crippen LogP contribution in [0.15, 0.2) is 46.0 Å². The molecule has 68 valence electrons. The van der Waals surface area contributed by atoms with Crippen LogP contribution in [0.25, 0.3) is 11.3 Å². The SMILES string of the molecule is O=C=Nc1cnoc1-c1ccccc1. The molecule has 0 N–H and O–H groups in total. The highest BCUT2D eigenvalue weighted by atomic mass is 16.5. The normalized spacial score (nSPS) is 9.43. The number of aliphatic imine (C=N–C) groups is 1. The number of aromatic nitrogens is 1. The lowest BCUT2D eigenvalue weighted by molar-refractivity contribution is 0.432. The summed E-state index contributed by atoms with van der Waals surface area (Å²) < 4.78 is 4.98. The van der Waals surface area contributed by atoms with Crippen LogP contribution in [-0.4, -0.2) is 11.2 Å². The predicted molar refractivity (Wildman–Crippen MR) is 49.7 cm³/mol. The van der Waals surface area contributed by atoms with Crippen molar-refractivity contribution in [3.8, 4) is 11.3 Å². The van der Waals surface area contributed by atoms with Crippen molar-refractivity contribution in [3.05, 3.63) is 36.5 Å². The van der Waals surface area contributed by atoms with E-state index in [1.807, 2.05) is 30.3 Å². The number of nitrogens with zero attached hydrogens (tertiary/aromatic N) is 2. The van der Waals surface area contributed by atoms with E-state index in [2.05, 4.69) is 10.1 Å². The fourth-order valence-corrected chi connectivity index (χ4v) is 1.15. The second kappa shape index (κ2) is 3.68. The Hall–Kier alpha value is -2.19. The third-order valence-corrected chi connectivity index (χ3v) is 1.75. The monoisotopic (exact) mass is 186 g/mol. The van der Waals surface area contributed by atoms with Crippen LogP contribution in [-0.2, 0) is 4.79 Å². The van der Waals surface area contributed by atoms with E-state index >= 15 is 0 Å². The van der Waals surface area contributed by atoms with E-state index < -0.39 is 0 Å². The lowest BCUT2D eigenvalue weighted by Gasteiger charge is -1.93. The highest BCUT2D eigenvalue weighted by Crippen LogP contribution is 2.28. The van der Waals surface area contributed by atoms with Crippen LogP contribution in [0.3, 0.4) is 0 Å². The fraction of sp³-hybridized carbons (Fsp3) is 0. The predicted octanol–water partition coefficient (Wildman–Crippen LogP) is 2.31. The minimum Gasteiger partial charge on any atom is -0.354 e. The van der Waals surface area contributed by atoms with Crippen molar-refractivity contribution in [1.82, 2.24) is 5.16 Å². The Kier molecular flexibility index (Phi) is 2.21. The van der Waals surface area contributed by atoms with E-state index in [4.69, 9.17) is 4.52 Å². The molecule has 0 saturated carbocycles. The molecule has 14 heavy (non-hydrogen) atoms. The molecule has 0 unspecified atom stereocenters. The van der Waals surface area contributed by atoms with Crippen molar-refractivity contribution in [2.45, 2.75) is 0 Å². The van der Waals surface area contributed by atoms with E-state index in [1.54, 1.807) is 0 Å². The number of hydrogen-bond acceptors (Lipinski definition) is 4. The maximum Gasteiger partial charge on any atom is 0.240 e. The first-order valence-electron chi connectivity index (χ1n) is 4.00. The lowest BCUT2D eigenvalue weighted by atomic mass is 10.1. The Morgan fingerprint density at radius 3 is 2.79 bits per heavy atom. The third kappa shape index (κ3) is 1.46. The van der Waals surface area contributed by atoms with Gasteiger partial charge in [-0.3, -0.25) is 0 Å². The van der Waals surface area contributed by atoms with E-state index in [-0.39, 0.29) is 0 Å². The number of carbonyl (C=O) groups excluding carboxylic acids is 1. The molecule has 4 nitrogen and oxygen atoms in total. The molecule has 0 fully saturated rings. The van der Waals surface area contributed by atoms with Crippen LogP contribution in [0, 0.1) is 0 Å². The Bertz CT molecular complexity index is 470. The highest BCUT2D eigenvalue weighted by Gasteiger charge is 2.08. The summed E-state index contributed by atoms with van der Waals surface area (Å²) in [6.07, 6.45) is 2.84. The molecule has 0 aliphatic heterocycles. The van der Waals surface area contributed by atoms with Crippen molar-refractivity contribution in [1.29, 1.82) is 0 Å². The molecule has 0 amide bonds. The van der Waals surface area contributed by atoms with Gasteiger partial charge >= 0.3 is 0 Å². The Morgan fingerprint density at radius 2 is 2.07 bits per heavy atom. The van der Waals surface area contributed by atoms with Crippen molar-refractivity contribution in [3.63, 3.8) is 0 Å². The van der Waals surface area contributed by atoms with E-state index in [0.717, 1.165) is 5.56 Å². The summed E-state index contributed by atoms with van der Waals surface area (Å²) >= 11 is 0. The maximum absolute atomic E-state index is 10.1. The van der Waals surface area contributed by atoms with Crippen LogP contribution < -0.4 is 0 Å². The minimum atomic E-state index is 0.395. The number of rotatable bonds is 2. The van der Waals surface area contributed by atoms with Gasteiger partial charge in [0.15, 0.2) is 5.76 Å². The van der Waals surface area contributed by atoms with E-state index in [9.17, 15) is 4.79 Å². The molecule has 0 radical (unpaired) electrons. The Labute approximate surface area is 79.9 Å². The van der Waals surface area contributed by atoms with Crippen molar-refractivity contribution in [2.75, 3.05) is 0 Å². The first kappa shape index (κ1) is 8.41. The second-order valence-electron chi connectivity index (χ2n) is 2.61. The van der Waals surface area contributed by atoms with Crippen LogP contribution >= 0.6 is 0 Å². The molecule has 0 spiro atoms. The summed E-state index contributed by atoms with van der Waals surface area (Å²) in [5.74, 6) is 0.481. The Balaban J connectivity index is 2.52. The Morgan fingerprint density at radius 1 is 1.29 bits per heavy atom. The quantitative estimate of drug-likeness (QED) is 0.534. The summed E-state index contributed by atoms with van der Waals surface area (Å²) in [6.45, 7) is 0. The molecule has 2 aromatic rings. The van der Waals surface area contributed by atoms with Gasteiger partial charge in [0.1, 0.15) is 5.69 Å². The van der Waals surface area contributed by atoms with Gasteiger partial charge in [0.2, 0.25) is 6.08 Å². The standard InChI is InChI=1S/C10H6N2O2/c13-7-11-9-6-12-14-10(9)8-4-2-1-3-5-8/h1-6H. The smallest absolute Gasteiger partial charge is 0.240 e. The molecule has 0 atom stereocenters. The first-order valence-corrected chi connectivity index (χ1v) is 4.00. The lowest BCUT2D eigenvalue weighted by Crippen LogP contribution is -1.72. The van der Waals surface area contributed by atoms with Crippen LogP contribution in [0.4, 0.5) is 5.69 Å². The summed E-state index contributed by atoms with van der Waals surface area (Å²) in [7, 11) is 0. The molecule has 0 aliphatic carbocycles. The van der Waals surface area contributed by atoms with Gasteiger partial charge in [-0.2, -0.15) is 4.99 Å². The van der Waals surface area contributed by atoms with Gasteiger partial charge < -0.3 is 4.52 Å². The van der Waals surface area contributed by atoms with Crippen molar-refractivity contribution >= 4 is 11.8 Å². The summed E-state index contributed by atoms with van der Waals surface area (Å²) in [5.41, 5.74) is 1.23. The summed E-state index contributed by atoms with van der Waals surface area (Å²) in [6, 6.07) is 9.33. The van der Waals surface area contributed by atoms with Gasteiger partial charge in [0.05, 0.1) is 6.20 Å². The van der Waals surface area contributed by atoms with Crippen LogP contribution in [0.5, 0.6) is 0 Å². The van der Waals surface area contributed by atoms with Crippen LogP contribution in [0.1, 0.15) is 0 Å². The third-order valence-electron chi connectivity index (χ3n) is 1.75. The fourth-order valence-electron chi connectivity index (χ4n) is 1.15. The number of isocyanates is 1. The van der Waals surface area contributed by atoms with Gasteiger partial charge in [-0.15, -0.1) is 0 Å². The second-order valence-corrected chi connectivity index (χ2v) is 2.61. The molecular formula is C10H6N2O2. The average Bonchev–Trinajstić information content (AvgIpc) is 2.68.